The summed E-state index contributed by atoms with van der Waals surface area (Å²) in [6.07, 6.45) is 4.07. The van der Waals surface area contributed by atoms with Crippen LogP contribution in [0, 0.1) is 5.92 Å². The van der Waals surface area contributed by atoms with Gasteiger partial charge < -0.3 is 14.7 Å². The maximum atomic E-state index is 8.99. The molecule has 0 unspecified atom stereocenters. The second-order valence-electron chi connectivity index (χ2n) is 4.23. The lowest BCUT2D eigenvalue weighted by Crippen LogP contribution is -2.30. The van der Waals surface area contributed by atoms with Crippen LogP contribution in [0.3, 0.4) is 0 Å². The van der Waals surface area contributed by atoms with E-state index in [0.717, 1.165) is 32.7 Å². The lowest BCUT2D eigenvalue weighted by atomic mass is 10.1. The van der Waals surface area contributed by atoms with Crippen molar-refractivity contribution in [2.75, 3.05) is 32.8 Å². The van der Waals surface area contributed by atoms with Crippen LogP contribution in [0.15, 0.2) is 0 Å². The van der Waals surface area contributed by atoms with E-state index < -0.39 is 0 Å². The highest BCUT2D eigenvalue weighted by atomic mass is 16.5. The molecule has 2 fully saturated rings. The summed E-state index contributed by atoms with van der Waals surface area (Å²) in [5.41, 5.74) is 0. The summed E-state index contributed by atoms with van der Waals surface area (Å²) in [6, 6.07) is 0. The van der Waals surface area contributed by atoms with Gasteiger partial charge in [0.1, 0.15) is 0 Å². The molecule has 0 aromatic heterocycles. The molecule has 0 aromatic carbocycles. The molecule has 0 amide bonds. The summed E-state index contributed by atoms with van der Waals surface area (Å²) in [5, 5.41) is 8.99. The molecule has 2 heterocycles. The van der Waals surface area contributed by atoms with Crippen molar-refractivity contribution in [2.45, 2.75) is 25.4 Å². The van der Waals surface area contributed by atoms with Gasteiger partial charge >= 0.3 is 0 Å². The first-order valence-corrected chi connectivity index (χ1v) is 5.33. The minimum atomic E-state index is 0.349. The molecule has 1 N–H and O–H groups in total. The van der Waals surface area contributed by atoms with Gasteiger partial charge in [0.2, 0.25) is 0 Å². The van der Waals surface area contributed by atoms with Crippen molar-refractivity contribution in [3.63, 3.8) is 0 Å². The summed E-state index contributed by atoms with van der Waals surface area (Å²) in [5.74, 6) is 0.515. The molecule has 2 aliphatic heterocycles. The third-order valence-corrected chi connectivity index (χ3v) is 3.11. The van der Waals surface area contributed by atoms with E-state index >= 15 is 0 Å². The quantitative estimate of drug-likeness (QED) is 0.694. The summed E-state index contributed by atoms with van der Waals surface area (Å²) in [4.78, 5) is 2.43. The molecule has 2 aliphatic rings. The van der Waals surface area contributed by atoms with Crippen LogP contribution < -0.4 is 0 Å². The fourth-order valence-corrected chi connectivity index (χ4v) is 2.30. The van der Waals surface area contributed by atoms with E-state index in [-0.39, 0.29) is 0 Å². The molecule has 0 bridgehead atoms. The number of rotatable bonds is 3. The molecule has 0 spiro atoms. The maximum absolute atomic E-state index is 8.99. The van der Waals surface area contributed by atoms with Gasteiger partial charge in [-0.2, -0.15) is 0 Å². The number of hydrogen-bond acceptors (Lipinski definition) is 3. The minimum Gasteiger partial charge on any atom is -0.396 e. The zero-order chi connectivity index (χ0) is 9.10. The van der Waals surface area contributed by atoms with Crippen LogP contribution in [-0.2, 0) is 4.74 Å². The van der Waals surface area contributed by atoms with Crippen molar-refractivity contribution in [1.29, 1.82) is 0 Å². The molecule has 2 rings (SSSR count). The molecule has 0 radical (unpaired) electrons. The monoisotopic (exact) mass is 185 g/mol. The Kier molecular flexibility index (Phi) is 3.19. The fraction of sp³-hybridized carbons (Fsp3) is 1.00. The molecule has 13 heavy (non-hydrogen) atoms. The average molecular weight is 185 g/mol. The van der Waals surface area contributed by atoms with E-state index in [1.807, 2.05) is 0 Å². The average Bonchev–Trinajstić information content (AvgIpc) is 2.76. The predicted octanol–water partition coefficient (Wildman–Crippen LogP) is 0.480. The minimum absolute atomic E-state index is 0.349. The van der Waals surface area contributed by atoms with Crippen molar-refractivity contribution < 1.29 is 9.84 Å². The van der Waals surface area contributed by atoms with E-state index in [1.165, 1.54) is 12.8 Å². The van der Waals surface area contributed by atoms with Gasteiger partial charge in [0.25, 0.3) is 0 Å². The summed E-state index contributed by atoms with van der Waals surface area (Å²) in [7, 11) is 0. The molecule has 2 saturated heterocycles. The lowest BCUT2D eigenvalue weighted by molar-refractivity contribution is 0.0784. The molecule has 2 atom stereocenters. The Balaban J connectivity index is 1.70. The number of aliphatic hydroxyl groups excluding tert-OH is 1. The molecule has 0 saturated carbocycles. The Hall–Kier alpha value is -0.120. The van der Waals surface area contributed by atoms with Crippen LogP contribution in [0.2, 0.25) is 0 Å². The molecular formula is C10H19NO2. The highest BCUT2D eigenvalue weighted by Gasteiger charge is 2.25. The van der Waals surface area contributed by atoms with Crippen molar-refractivity contribution >= 4 is 0 Å². The number of nitrogens with zero attached hydrogens (tertiary/aromatic N) is 1. The topological polar surface area (TPSA) is 32.7 Å². The largest absolute Gasteiger partial charge is 0.396 e. The van der Waals surface area contributed by atoms with Gasteiger partial charge in [-0.25, -0.2) is 0 Å². The Bertz CT molecular complexity index is 157. The van der Waals surface area contributed by atoms with Gasteiger partial charge in [-0.3, -0.25) is 0 Å². The van der Waals surface area contributed by atoms with Crippen LogP contribution in [0.25, 0.3) is 0 Å². The van der Waals surface area contributed by atoms with Crippen molar-refractivity contribution in [3.05, 3.63) is 0 Å². The Morgan fingerprint density at radius 1 is 1.38 bits per heavy atom. The van der Waals surface area contributed by atoms with Crippen LogP contribution in [-0.4, -0.2) is 49.0 Å². The Morgan fingerprint density at radius 2 is 2.31 bits per heavy atom. The molecule has 76 valence electrons. The predicted molar refractivity (Wildman–Crippen MR) is 50.6 cm³/mol. The fourth-order valence-electron chi connectivity index (χ4n) is 2.30. The van der Waals surface area contributed by atoms with Crippen LogP contribution >= 0.6 is 0 Å². The summed E-state index contributed by atoms with van der Waals surface area (Å²) in [6.45, 7) is 4.59. The van der Waals surface area contributed by atoms with Gasteiger partial charge in [-0.15, -0.1) is 0 Å². The highest BCUT2D eigenvalue weighted by Crippen LogP contribution is 2.19. The van der Waals surface area contributed by atoms with Gasteiger partial charge in [-0.1, -0.05) is 0 Å². The SMILES string of the molecule is OC[C@H]1CCN(C[C@@H]2CCCO2)C1. The van der Waals surface area contributed by atoms with Crippen molar-refractivity contribution in [3.8, 4) is 0 Å². The van der Waals surface area contributed by atoms with E-state index in [4.69, 9.17) is 9.84 Å². The first-order valence-electron chi connectivity index (χ1n) is 5.33. The van der Waals surface area contributed by atoms with E-state index in [2.05, 4.69) is 4.90 Å². The van der Waals surface area contributed by atoms with E-state index in [9.17, 15) is 0 Å². The zero-order valence-corrected chi connectivity index (χ0v) is 8.11. The Labute approximate surface area is 79.7 Å². The number of ether oxygens (including phenoxy) is 1. The molecule has 3 heteroatoms. The van der Waals surface area contributed by atoms with E-state index in [0.29, 0.717) is 18.6 Å². The van der Waals surface area contributed by atoms with Gasteiger partial charge in [0.15, 0.2) is 0 Å². The third kappa shape index (κ3) is 2.42. The van der Waals surface area contributed by atoms with Gasteiger partial charge in [0.05, 0.1) is 6.10 Å². The van der Waals surface area contributed by atoms with Crippen molar-refractivity contribution in [1.82, 2.24) is 4.90 Å². The first-order chi connectivity index (χ1) is 6.38. The van der Waals surface area contributed by atoms with Crippen molar-refractivity contribution in [2.24, 2.45) is 5.92 Å². The normalized spacial score (nSPS) is 35.8. The maximum Gasteiger partial charge on any atom is 0.0702 e. The van der Waals surface area contributed by atoms with Crippen LogP contribution in [0.1, 0.15) is 19.3 Å². The first kappa shape index (κ1) is 9.44. The van der Waals surface area contributed by atoms with Crippen LogP contribution in [0.5, 0.6) is 0 Å². The molecular weight excluding hydrogens is 166 g/mol. The van der Waals surface area contributed by atoms with Crippen LogP contribution in [0.4, 0.5) is 0 Å². The summed E-state index contributed by atoms with van der Waals surface area (Å²) >= 11 is 0. The van der Waals surface area contributed by atoms with Gasteiger partial charge in [0, 0.05) is 26.3 Å². The lowest BCUT2D eigenvalue weighted by Gasteiger charge is -2.19. The standard InChI is InChI=1S/C10H19NO2/c12-8-9-3-4-11(6-9)7-10-2-1-5-13-10/h9-10,12H,1-8H2/t9-,10-/m0/s1. The number of likely N-dealkylation sites (tertiary alicyclic amines) is 1. The smallest absolute Gasteiger partial charge is 0.0702 e. The molecule has 0 aromatic rings. The Morgan fingerprint density at radius 3 is 2.92 bits per heavy atom. The number of aliphatic hydroxyl groups is 1. The zero-order valence-electron chi connectivity index (χ0n) is 8.11. The van der Waals surface area contributed by atoms with Gasteiger partial charge in [-0.05, 0) is 31.7 Å². The second kappa shape index (κ2) is 4.40. The molecule has 3 nitrogen and oxygen atoms in total. The third-order valence-electron chi connectivity index (χ3n) is 3.11. The number of hydrogen-bond donors (Lipinski definition) is 1. The second-order valence-corrected chi connectivity index (χ2v) is 4.23. The highest BCUT2D eigenvalue weighted by molar-refractivity contribution is 4.78. The molecule has 0 aliphatic carbocycles. The van der Waals surface area contributed by atoms with E-state index in [1.54, 1.807) is 0 Å². The summed E-state index contributed by atoms with van der Waals surface area (Å²) < 4.78 is 5.58.